The van der Waals surface area contributed by atoms with Crippen LogP contribution in [-0.4, -0.2) is 0 Å². The zero-order chi connectivity index (χ0) is 9.00. The highest BCUT2D eigenvalue weighted by Gasteiger charge is 2.41. The fourth-order valence-electron chi connectivity index (χ4n) is 1.65. The largest absolute Gasteiger partial charge is 0.461 e. The highest BCUT2D eigenvalue weighted by Crippen LogP contribution is 2.52. The monoisotopic (exact) mass is 173 g/mol. The Hall–Kier alpha value is -1.82. The van der Waals surface area contributed by atoms with E-state index in [4.69, 9.17) is 10.00 Å². The fraction of sp³-hybridized carbons (Fsp3) is 0.100. The molecule has 0 saturated heterocycles. The highest BCUT2D eigenvalue weighted by atomic mass is 19.1. The maximum Gasteiger partial charge on any atom is 0.141 e. The Morgan fingerprint density at radius 1 is 1.46 bits per heavy atom. The Kier molecular flexibility index (Phi) is 0.981. The fourth-order valence-corrected chi connectivity index (χ4v) is 1.65. The second-order valence-corrected chi connectivity index (χ2v) is 3.09. The van der Waals surface area contributed by atoms with Gasteiger partial charge in [0.15, 0.2) is 0 Å². The van der Waals surface area contributed by atoms with Crippen LogP contribution in [0.5, 0.6) is 5.75 Å². The van der Waals surface area contributed by atoms with Gasteiger partial charge in [-0.2, -0.15) is 5.26 Å². The lowest BCUT2D eigenvalue weighted by Gasteiger charge is -2.02. The van der Waals surface area contributed by atoms with Crippen molar-refractivity contribution in [3.63, 3.8) is 0 Å². The number of fused-ring (bicyclic) bond motifs is 3. The molecule has 3 heteroatoms. The van der Waals surface area contributed by atoms with Crippen molar-refractivity contribution in [2.24, 2.45) is 0 Å². The summed E-state index contributed by atoms with van der Waals surface area (Å²) in [5.74, 6) is 1.07. The maximum absolute atomic E-state index is 13.1. The minimum absolute atomic E-state index is 0.0698. The molecular weight excluding hydrogens is 169 g/mol. The third kappa shape index (κ3) is 0.701. The molecule has 1 aliphatic heterocycles. The van der Waals surface area contributed by atoms with Gasteiger partial charge in [-0.1, -0.05) is 0 Å². The number of hydrogen-bond acceptors (Lipinski definition) is 2. The Balaban J connectivity index is 2.30. The first-order valence-corrected chi connectivity index (χ1v) is 3.93. The number of allylic oxidation sites excluding steroid dienone is 2. The standard InChI is InChI=1S/C10H4FNO/c11-7-1-2-8-10(6(7)4-12)5-3-9(5)13-8/h1-3,5H. The third-order valence-corrected chi connectivity index (χ3v) is 2.33. The van der Waals surface area contributed by atoms with Gasteiger partial charge in [-0.05, 0) is 18.2 Å². The molecule has 0 N–H and O–H groups in total. The molecule has 0 bridgehead atoms. The number of hydrogen-bond donors (Lipinski definition) is 0. The molecule has 13 heavy (non-hydrogen) atoms. The molecule has 1 heterocycles. The minimum atomic E-state index is -0.466. The Labute approximate surface area is 73.9 Å². The van der Waals surface area contributed by atoms with Crippen LogP contribution in [0.2, 0.25) is 0 Å². The van der Waals surface area contributed by atoms with E-state index < -0.39 is 5.82 Å². The maximum atomic E-state index is 13.1. The molecule has 0 saturated carbocycles. The highest BCUT2D eigenvalue weighted by molar-refractivity contribution is 5.63. The molecular formula is C10H4FNO. The van der Waals surface area contributed by atoms with Crippen molar-refractivity contribution in [1.82, 2.24) is 0 Å². The summed E-state index contributed by atoms with van der Waals surface area (Å²) in [5.41, 5.74) is 0.809. The van der Waals surface area contributed by atoms with E-state index in [1.807, 2.05) is 12.1 Å². The molecule has 1 atom stereocenters. The Morgan fingerprint density at radius 2 is 2.31 bits per heavy atom. The first-order chi connectivity index (χ1) is 6.31. The van der Waals surface area contributed by atoms with E-state index in [1.165, 1.54) is 6.07 Å². The van der Waals surface area contributed by atoms with E-state index in [1.54, 1.807) is 6.07 Å². The van der Waals surface area contributed by atoms with Crippen LogP contribution in [0, 0.1) is 17.1 Å². The van der Waals surface area contributed by atoms with Crippen LogP contribution in [0.4, 0.5) is 4.39 Å². The summed E-state index contributed by atoms with van der Waals surface area (Å²) in [7, 11) is 0. The number of ether oxygens (including phenoxy) is 1. The van der Waals surface area contributed by atoms with E-state index >= 15 is 0 Å². The summed E-state index contributed by atoms with van der Waals surface area (Å²) in [6, 6.07) is 4.70. The molecule has 1 aromatic rings. The lowest BCUT2D eigenvalue weighted by Crippen LogP contribution is -1.91. The van der Waals surface area contributed by atoms with Gasteiger partial charge >= 0.3 is 0 Å². The Morgan fingerprint density at radius 3 is 3.08 bits per heavy atom. The second kappa shape index (κ2) is 1.91. The molecule has 0 aromatic heterocycles. The van der Waals surface area contributed by atoms with Crippen molar-refractivity contribution in [1.29, 1.82) is 5.26 Å². The normalized spacial score (nSPS) is 20.9. The van der Waals surface area contributed by atoms with Gasteiger partial charge in [0.25, 0.3) is 0 Å². The SMILES string of the molecule is N#Cc1c(F)ccc2c1C1C=C1O2. The van der Waals surface area contributed by atoms with Gasteiger partial charge in [-0.3, -0.25) is 0 Å². The van der Waals surface area contributed by atoms with Crippen LogP contribution in [0.25, 0.3) is 0 Å². The van der Waals surface area contributed by atoms with Crippen molar-refractivity contribution in [3.05, 3.63) is 40.9 Å². The average molecular weight is 173 g/mol. The lowest BCUT2D eigenvalue weighted by molar-refractivity contribution is 0.466. The minimum Gasteiger partial charge on any atom is -0.461 e. The van der Waals surface area contributed by atoms with E-state index in [0.717, 1.165) is 5.76 Å². The van der Waals surface area contributed by atoms with Crippen molar-refractivity contribution in [2.75, 3.05) is 0 Å². The number of nitriles is 1. The quantitative estimate of drug-likeness (QED) is 0.601. The zero-order valence-corrected chi connectivity index (χ0v) is 6.54. The average Bonchev–Trinajstić information content (AvgIpc) is 2.80. The molecule has 2 nitrogen and oxygen atoms in total. The summed E-state index contributed by atoms with van der Waals surface area (Å²) in [6.07, 6.45) is 1.88. The van der Waals surface area contributed by atoms with Crippen LogP contribution in [0.3, 0.4) is 0 Å². The van der Waals surface area contributed by atoms with E-state index in [0.29, 0.717) is 11.3 Å². The number of nitrogens with zero attached hydrogens (tertiary/aromatic N) is 1. The number of halogens is 1. The van der Waals surface area contributed by atoms with Crippen molar-refractivity contribution < 1.29 is 9.13 Å². The first-order valence-electron chi connectivity index (χ1n) is 3.93. The third-order valence-electron chi connectivity index (χ3n) is 2.33. The van der Waals surface area contributed by atoms with Crippen LogP contribution in [-0.2, 0) is 0 Å². The van der Waals surface area contributed by atoms with Gasteiger partial charge in [0, 0.05) is 5.56 Å². The van der Waals surface area contributed by atoms with Crippen LogP contribution in [0.15, 0.2) is 24.0 Å². The van der Waals surface area contributed by atoms with E-state index in [-0.39, 0.29) is 11.5 Å². The van der Waals surface area contributed by atoms with Crippen molar-refractivity contribution in [3.8, 4) is 11.8 Å². The van der Waals surface area contributed by atoms with E-state index in [9.17, 15) is 4.39 Å². The van der Waals surface area contributed by atoms with Gasteiger partial charge in [0.2, 0.25) is 0 Å². The van der Waals surface area contributed by atoms with Crippen LogP contribution < -0.4 is 4.74 Å². The zero-order valence-electron chi connectivity index (χ0n) is 6.54. The van der Waals surface area contributed by atoms with Gasteiger partial charge < -0.3 is 4.74 Å². The van der Waals surface area contributed by atoms with Gasteiger partial charge in [0.1, 0.15) is 23.4 Å². The molecule has 2 aliphatic rings. The van der Waals surface area contributed by atoms with Gasteiger partial charge in [0.05, 0.1) is 11.5 Å². The second-order valence-electron chi connectivity index (χ2n) is 3.09. The van der Waals surface area contributed by atoms with Crippen LogP contribution in [0.1, 0.15) is 17.0 Å². The van der Waals surface area contributed by atoms with Gasteiger partial charge in [-0.15, -0.1) is 0 Å². The molecule has 1 aromatic carbocycles. The smallest absolute Gasteiger partial charge is 0.141 e. The summed E-state index contributed by atoms with van der Waals surface area (Å²) < 4.78 is 18.5. The predicted octanol–water partition coefficient (Wildman–Crippen LogP) is 2.07. The molecule has 1 unspecified atom stereocenters. The molecule has 3 rings (SSSR count). The number of rotatable bonds is 0. The van der Waals surface area contributed by atoms with Crippen molar-refractivity contribution in [2.45, 2.75) is 5.92 Å². The van der Waals surface area contributed by atoms with Crippen molar-refractivity contribution >= 4 is 0 Å². The lowest BCUT2D eigenvalue weighted by atomic mass is 10.0. The molecule has 62 valence electrons. The molecule has 0 fully saturated rings. The summed E-state index contributed by atoms with van der Waals surface area (Å²) in [5, 5.41) is 8.75. The molecule has 1 aliphatic carbocycles. The van der Waals surface area contributed by atoms with Gasteiger partial charge in [-0.25, -0.2) is 4.39 Å². The van der Waals surface area contributed by atoms with E-state index in [2.05, 4.69) is 0 Å². The van der Waals surface area contributed by atoms with Crippen LogP contribution >= 0.6 is 0 Å². The molecule has 0 amide bonds. The predicted molar refractivity (Wildman–Crippen MR) is 42.6 cm³/mol. The molecule has 0 radical (unpaired) electrons. The Bertz CT molecular complexity index is 484. The molecule has 0 spiro atoms. The summed E-state index contributed by atoms with van der Waals surface area (Å²) in [4.78, 5) is 0. The topological polar surface area (TPSA) is 33.0 Å². The summed E-state index contributed by atoms with van der Waals surface area (Å²) >= 11 is 0. The first kappa shape index (κ1) is 6.67. The summed E-state index contributed by atoms with van der Waals surface area (Å²) in [6.45, 7) is 0. The number of benzene rings is 1.